The summed E-state index contributed by atoms with van der Waals surface area (Å²) in [4.78, 5) is 2.41. The topological polar surface area (TPSA) is 23.5 Å². The maximum Gasteiger partial charge on any atom is 0.0835 e. The van der Waals surface area contributed by atoms with Gasteiger partial charge >= 0.3 is 0 Å². The van der Waals surface area contributed by atoms with E-state index in [1.807, 2.05) is 54.6 Å². The molecule has 0 bridgehead atoms. The summed E-state index contributed by atoms with van der Waals surface area (Å²) in [5.74, 6) is 0. The fraction of sp³-hybridized carbons (Fsp3) is 0.259. The average Bonchev–Trinajstić information content (AvgIpc) is 2.83. The van der Waals surface area contributed by atoms with Crippen LogP contribution in [0.1, 0.15) is 46.6 Å². The van der Waals surface area contributed by atoms with Crippen LogP contribution < -0.4 is 0 Å². The molecule has 4 rings (SSSR count). The van der Waals surface area contributed by atoms with Crippen LogP contribution in [0.2, 0.25) is 0 Å². The molecule has 0 fully saturated rings. The van der Waals surface area contributed by atoms with Crippen LogP contribution in [0.25, 0.3) is 5.57 Å². The van der Waals surface area contributed by atoms with Gasteiger partial charge in [-0.1, -0.05) is 91.0 Å². The lowest BCUT2D eigenvalue weighted by Crippen LogP contribution is -2.30. The Hall–Kier alpha value is -2.39. The molecule has 30 heavy (non-hydrogen) atoms. The number of halogens is 1. The lowest BCUT2D eigenvalue weighted by Gasteiger charge is -2.27. The molecule has 0 saturated carbocycles. The first-order valence-corrected chi connectivity index (χ1v) is 11.1. The minimum absolute atomic E-state index is 0.170. The number of aliphatic hydroxyl groups is 1. The molecule has 3 aromatic rings. The Balaban J connectivity index is 1.29. The van der Waals surface area contributed by atoms with Gasteiger partial charge in [0.15, 0.2) is 0 Å². The van der Waals surface area contributed by atoms with Crippen molar-refractivity contribution in [3.63, 3.8) is 0 Å². The summed E-state index contributed by atoms with van der Waals surface area (Å²) in [6, 6.07) is 28.7. The number of hydrogen-bond acceptors (Lipinski definition) is 2. The molecule has 0 aromatic heterocycles. The van der Waals surface area contributed by atoms with Crippen molar-refractivity contribution in [3.05, 3.63) is 113 Å². The number of benzene rings is 3. The van der Waals surface area contributed by atoms with E-state index in [1.165, 1.54) is 11.1 Å². The quantitative estimate of drug-likeness (QED) is 0.461. The largest absolute Gasteiger partial charge is 0.388 e. The molecule has 3 aromatic carbocycles. The van der Waals surface area contributed by atoms with Crippen molar-refractivity contribution in [1.29, 1.82) is 0 Å². The first kappa shape index (κ1) is 20.9. The third-order valence-corrected chi connectivity index (χ3v) is 6.37. The minimum Gasteiger partial charge on any atom is -0.388 e. The predicted molar refractivity (Wildman–Crippen MR) is 126 cm³/mol. The standard InChI is InChI=1S/C27H28ClNO/c28-27(24-9-5-2-6-10-24)25-13-11-23(12-14-25)26(30)17-20-29-18-15-22(16-19-29)21-7-3-1-4-8-21/h1-15,26-27,30H,16-20H2. The SMILES string of the molecule is OC(CCN1CC=C(c2ccccc2)CC1)c1ccc(C(Cl)c2ccccc2)cc1. The van der Waals surface area contributed by atoms with Crippen LogP contribution in [0.5, 0.6) is 0 Å². The zero-order valence-corrected chi connectivity index (χ0v) is 17.9. The van der Waals surface area contributed by atoms with Crippen molar-refractivity contribution in [1.82, 2.24) is 4.90 Å². The smallest absolute Gasteiger partial charge is 0.0835 e. The highest BCUT2D eigenvalue weighted by Crippen LogP contribution is 2.30. The second-order valence-corrected chi connectivity index (χ2v) is 8.33. The van der Waals surface area contributed by atoms with Crippen molar-refractivity contribution in [2.45, 2.75) is 24.3 Å². The highest BCUT2D eigenvalue weighted by molar-refractivity contribution is 6.22. The van der Waals surface area contributed by atoms with Crippen LogP contribution in [0, 0.1) is 0 Å². The summed E-state index contributed by atoms with van der Waals surface area (Å²) in [5.41, 5.74) is 5.84. The summed E-state index contributed by atoms with van der Waals surface area (Å²) >= 11 is 6.61. The number of alkyl halides is 1. The van der Waals surface area contributed by atoms with Gasteiger partial charge in [0, 0.05) is 19.6 Å². The van der Waals surface area contributed by atoms with E-state index in [1.54, 1.807) is 0 Å². The van der Waals surface area contributed by atoms with Crippen molar-refractivity contribution in [2.75, 3.05) is 19.6 Å². The van der Waals surface area contributed by atoms with E-state index < -0.39 is 6.10 Å². The van der Waals surface area contributed by atoms with E-state index in [4.69, 9.17) is 11.6 Å². The summed E-state index contributed by atoms with van der Waals surface area (Å²) in [7, 11) is 0. The molecule has 2 nitrogen and oxygen atoms in total. The lowest BCUT2D eigenvalue weighted by molar-refractivity contribution is 0.145. The molecule has 1 aliphatic heterocycles. The Labute approximate surface area is 184 Å². The second-order valence-electron chi connectivity index (χ2n) is 7.89. The van der Waals surface area contributed by atoms with Gasteiger partial charge in [-0.2, -0.15) is 0 Å². The fourth-order valence-corrected chi connectivity index (χ4v) is 4.29. The number of rotatable bonds is 7. The Morgan fingerprint density at radius 2 is 1.40 bits per heavy atom. The monoisotopic (exact) mass is 417 g/mol. The van der Waals surface area contributed by atoms with Gasteiger partial charge in [-0.3, -0.25) is 4.90 Å². The number of nitrogens with zero attached hydrogens (tertiary/aromatic N) is 1. The highest BCUT2D eigenvalue weighted by Gasteiger charge is 2.16. The van der Waals surface area contributed by atoms with Crippen LogP contribution in [-0.2, 0) is 0 Å². The van der Waals surface area contributed by atoms with Gasteiger partial charge in [-0.05, 0) is 40.7 Å². The van der Waals surface area contributed by atoms with E-state index in [9.17, 15) is 5.11 Å². The molecule has 1 aliphatic rings. The predicted octanol–water partition coefficient (Wildman–Crippen LogP) is 6.23. The Bertz CT molecular complexity index is 953. The molecule has 154 valence electrons. The molecule has 0 radical (unpaired) electrons. The third-order valence-electron chi connectivity index (χ3n) is 5.86. The number of hydrogen-bond donors (Lipinski definition) is 1. The van der Waals surface area contributed by atoms with Crippen molar-refractivity contribution in [2.24, 2.45) is 0 Å². The zero-order valence-electron chi connectivity index (χ0n) is 17.1. The molecule has 2 atom stereocenters. The van der Waals surface area contributed by atoms with Crippen LogP contribution in [0.15, 0.2) is 91.0 Å². The lowest BCUT2D eigenvalue weighted by atomic mass is 9.98. The summed E-state index contributed by atoms with van der Waals surface area (Å²) in [6.45, 7) is 2.88. The Morgan fingerprint density at radius 3 is 2.03 bits per heavy atom. The van der Waals surface area contributed by atoms with Crippen LogP contribution in [-0.4, -0.2) is 29.6 Å². The molecule has 0 saturated heterocycles. The highest BCUT2D eigenvalue weighted by atomic mass is 35.5. The molecule has 1 heterocycles. The molecule has 0 aliphatic carbocycles. The maximum atomic E-state index is 10.7. The van der Waals surface area contributed by atoms with Gasteiger partial charge in [0.2, 0.25) is 0 Å². The van der Waals surface area contributed by atoms with Gasteiger partial charge in [-0.25, -0.2) is 0 Å². The van der Waals surface area contributed by atoms with E-state index in [0.717, 1.165) is 49.2 Å². The van der Waals surface area contributed by atoms with Crippen molar-refractivity contribution < 1.29 is 5.11 Å². The van der Waals surface area contributed by atoms with Gasteiger partial charge < -0.3 is 5.11 Å². The van der Waals surface area contributed by atoms with Crippen LogP contribution in [0.3, 0.4) is 0 Å². The maximum absolute atomic E-state index is 10.7. The van der Waals surface area contributed by atoms with Gasteiger partial charge in [0.1, 0.15) is 0 Å². The molecule has 1 N–H and O–H groups in total. The first-order valence-electron chi connectivity index (χ1n) is 10.6. The Kier molecular flexibility index (Phi) is 7.01. The van der Waals surface area contributed by atoms with Gasteiger partial charge in [0.05, 0.1) is 11.5 Å². The van der Waals surface area contributed by atoms with E-state index in [-0.39, 0.29) is 5.38 Å². The van der Waals surface area contributed by atoms with E-state index in [2.05, 4.69) is 41.3 Å². The Morgan fingerprint density at radius 1 is 0.800 bits per heavy atom. The summed E-state index contributed by atoms with van der Waals surface area (Å²) < 4.78 is 0. The molecule has 2 unspecified atom stereocenters. The molecule has 0 amide bonds. The third kappa shape index (κ3) is 5.20. The van der Waals surface area contributed by atoms with Crippen molar-refractivity contribution in [3.8, 4) is 0 Å². The zero-order chi connectivity index (χ0) is 20.8. The summed E-state index contributed by atoms with van der Waals surface area (Å²) in [6.07, 6.45) is 3.66. The van der Waals surface area contributed by atoms with Gasteiger partial charge in [-0.15, -0.1) is 11.6 Å². The minimum atomic E-state index is -0.455. The van der Waals surface area contributed by atoms with Gasteiger partial charge in [0.25, 0.3) is 0 Å². The normalized spacial score (nSPS) is 16.7. The fourth-order valence-electron chi connectivity index (χ4n) is 4.00. The van der Waals surface area contributed by atoms with Crippen LogP contribution in [0.4, 0.5) is 0 Å². The van der Waals surface area contributed by atoms with E-state index in [0.29, 0.717) is 0 Å². The molecular weight excluding hydrogens is 390 g/mol. The first-order chi connectivity index (χ1) is 14.7. The molecule has 3 heteroatoms. The van der Waals surface area contributed by atoms with Crippen LogP contribution >= 0.6 is 11.6 Å². The average molecular weight is 418 g/mol. The molecular formula is C27H28ClNO. The molecule has 0 spiro atoms. The number of aliphatic hydroxyl groups excluding tert-OH is 1. The second kappa shape index (κ2) is 10.1. The van der Waals surface area contributed by atoms with E-state index >= 15 is 0 Å². The summed E-state index contributed by atoms with van der Waals surface area (Å²) in [5, 5.41) is 10.5. The van der Waals surface area contributed by atoms with Crippen molar-refractivity contribution >= 4 is 17.2 Å².